The van der Waals surface area contributed by atoms with Crippen molar-refractivity contribution in [3.63, 3.8) is 0 Å². The molecule has 0 bridgehead atoms. The molecule has 3 rings (SSSR count). The Morgan fingerprint density at radius 1 is 1.16 bits per heavy atom. The third-order valence-corrected chi connectivity index (χ3v) is 6.54. The Bertz CT molecular complexity index is 1180. The predicted molar refractivity (Wildman–Crippen MR) is 135 cm³/mol. The number of primary amides is 1. The minimum atomic E-state index is -1.22. The van der Waals surface area contributed by atoms with Crippen molar-refractivity contribution < 1.29 is 29.1 Å². The summed E-state index contributed by atoms with van der Waals surface area (Å²) in [6.45, 7) is 3.73. The van der Waals surface area contributed by atoms with Crippen molar-refractivity contribution in [3.8, 4) is 0 Å². The summed E-state index contributed by atoms with van der Waals surface area (Å²) in [6.07, 6.45) is 2.34. The van der Waals surface area contributed by atoms with E-state index in [1.807, 2.05) is 24.3 Å². The van der Waals surface area contributed by atoms with Crippen LogP contribution in [-0.2, 0) is 30.4 Å². The van der Waals surface area contributed by atoms with Crippen LogP contribution < -0.4 is 22.1 Å². The largest absolute Gasteiger partial charge is 0.480 e. The lowest BCUT2D eigenvalue weighted by atomic mass is 10.0. The number of carboxylic acids is 1. The molecule has 8 N–H and O–H groups in total. The first kappa shape index (κ1) is 27.7. The lowest BCUT2D eigenvalue weighted by Crippen LogP contribution is -2.58. The number of carbonyl (C=O) groups is 5. The van der Waals surface area contributed by atoms with E-state index >= 15 is 0 Å². The number of carbonyl (C=O) groups excluding carboxylic acids is 4. The van der Waals surface area contributed by atoms with Gasteiger partial charge in [0.25, 0.3) is 0 Å². The molecule has 1 aliphatic rings. The first-order chi connectivity index (χ1) is 17.5. The van der Waals surface area contributed by atoms with Crippen molar-refractivity contribution in [2.24, 2.45) is 17.4 Å². The molecule has 12 heteroatoms. The molecule has 2 heterocycles. The smallest absolute Gasteiger partial charge is 0.326 e. The molecule has 37 heavy (non-hydrogen) atoms. The van der Waals surface area contributed by atoms with Gasteiger partial charge in [-0.3, -0.25) is 19.2 Å². The summed E-state index contributed by atoms with van der Waals surface area (Å²) in [7, 11) is 0. The molecule has 0 spiro atoms. The number of fused-ring (bicyclic) bond motifs is 1. The fourth-order valence-corrected chi connectivity index (χ4v) is 4.59. The van der Waals surface area contributed by atoms with Crippen molar-refractivity contribution >= 4 is 40.5 Å². The molecular weight excluding hydrogens is 480 g/mol. The summed E-state index contributed by atoms with van der Waals surface area (Å²) < 4.78 is 0. The fourth-order valence-electron chi connectivity index (χ4n) is 4.59. The number of benzene rings is 1. The SMILES string of the molecule is CC(C)C(NC(=O)C1CCCN1C(=O)C(N)CC(N)=O)C(=O)NC(Cc1c[nH]c2ccccc12)C(=O)O. The second-order valence-corrected chi connectivity index (χ2v) is 9.66. The standard InChI is InChI=1S/C25H34N6O6/c1-13(2)21(30-22(33)19-8-5-9-31(19)24(35)16(26)11-20(27)32)23(34)29-18(25(36)37)10-14-12-28-17-7-4-3-6-15(14)17/h3-4,6-7,12-13,16,18-19,21,28H,5,8-11,26H2,1-2H3,(H2,27,32)(H,29,34)(H,30,33)(H,36,37). The summed E-state index contributed by atoms with van der Waals surface area (Å²) in [6, 6.07) is 3.17. The Kier molecular flexibility index (Phi) is 8.87. The van der Waals surface area contributed by atoms with Crippen molar-refractivity contribution in [2.75, 3.05) is 6.54 Å². The van der Waals surface area contributed by atoms with Crippen LogP contribution in [0.3, 0.4) is 0 Å². The Hall–Kier alpha value is -3.93. The molecule has 4 amide bonds. The van der Waals surface area contributed by atoms with Crippen molar-refractivity contribution in [2.45, 2.75) is 63.7 Å². The van der Waals surface area contributed by atoms with Crippen LogP contribution in [0.1, 0.15) is 38.7 Å². The van der Waals surface area contributed by atoms with E-state index < -0.39 is 53.8 Å². The highest BCUT2D eigenvalue weighted by molar-refractivity contribution is 5.95. The Morgan fingerprint density at radius 2 is 1.86 bits per heavy atom. The van der Waals surface area contributed by atoms with Gasteiger partial charge in [-0.05, 0) is 30.4 Å². The summed E-state index contributed by atoms with van der Waals surface area (Å²) in [5, 5.41) is 15.9. The van der Waals surface area contributed by atoms with Crippen LogP contribution in [0.5, 0.6) is 0 Å². The molecular formula is C25H34N6O6. The quantitative estimate of drug-likeness (QED) is 0.234. The summed E-state index contributed by atoms with van der Waals surface area (Å²) in [5.74, 6) is -4.05. The summed E-state index contributed by atoms with van der Waals surface area (Å²) in [4.78, 5) is 66.4. The highest BCUT2D eigenvalue weighted by Crippen LogP contribution is 2.21. The predicted octanol–water partition coefficient (Wildman–Crippen LogP) is -0.386. The zero-order valence-corrected chi connectivity index (χ0v) is 20.9. The number of H-pyrrole nitrogens is 1. The molecule has 1 aliphatic heterocycles. The number of nitrogens with two attached hydrogens (primary N) is 2. The van der Waals surface area contributed by atoms with E-state index in [4.69, 9.17) is 11.5 Å². The van der Waals surface area contributed by atoms with Crippen molar-refractivity contribution in [1.82, 2.24) is 20.5 Å². The number of nitrogens with zero attached hydrogens (tertiary/aromatic N) is 1. The lowest BCUT2D eigenvalue weighted by Gasteiger charge is -2.29. The molecule has 0 radical (unpaired) electrons. The number of carboxylic acid groups (broad SMARTS) is 1. The first-order valence-electron chi connectivity index (χ1n) is 12.2. The van der Waals surface area contributed by atoms with Gasteiger partial charge in [-0.15, -0.1) is 0 Å². The van der Waals surface area contributed by atoms with Gasteiger partial charge in [0.05, 0.1) is 12.5 Å². The summed E-state index contributed by atoms with van der Waals surface area (Å²) >= 11 is 0. The van der Waals surface area contributed by atoms with Crippen LogP contribution in [0.2, 0.25) is 0 Å². The van der Waals surface area contributed by atoms with E-state index in [-0.39, 0.29) is 25.3 Å². The van der Waals surface area contributed by atoms with Gasteiger partial charge >= 0.3 is 5.97 Å². The number of aromatic nitrogens is 1. The minimum absolute atomic E-state index is 0.0481. The number of rotatable bonds is 11. The third kappa shape index (κ3) is 6.64. The lowest BCUT2D eigenvalue weighted by molar-refractivity contribution is -0.143. The van der Waals surface area contributed by atoms with Gasteiger partial charge in [0.2, 0.25) is 23.6 Å². The monoisotopic (exact) mass is 514 g/mol. The van der Waals surface area contributed by atoms with Crippen molar-refractivity contribution in [1.29, 1.82) is 0 Å². The number of para-hydroxylation sites is 1. The normalized spacial score (nSPS) is 17.8. The molecule has 2 aromatic rings. The van der Waals surface area contributed by atoms with E-state index in [2.05, 4.69) is 15.6 Å². The maximum absolute atomic E-state index is 13.1. The van der Waals surface area contributed by atoms with E-state index in [0.29, 0.717) is 12.8 Å². The van der Waals surface area contributed by atoms with E-state index in [9.17, 15) is 29.1 Å². The second kappa shape index (κ2) is 11.9. The van der Waals surface area contributed by atoms with Gasteiger partial charge < -0.3 is 37.1 Å². The highest BCUT2D eigenvalue weighted by atomic mass is 16.4. The molecule has 4 unspecified atom stereocenters. The maximum Gasteiger partial charge on any atom is 0.326 e. The Balaban J connectivity index is 1.69. The second-order valence-electron chi connectivity index (χ2n) is 9.66. The van der Waals surface area contributed by atoms with Crippen LogP contribution in [0.4, 0.5) is 0 Å². The number of hydrogen-bond donors (Lipinski definition) is 6. The molecule has 200 valence electrons. The summed E-state index contributed by atoms with van der Waals surface area (Å²) in [5.41, 5.74) is 12.5. The zero-order valence-electron chi connectivity index (χ0n) is 20.9. The number of aliphatic carboxylic acids is 1. The van der Waals surface area contributed by atoms with E-state index in [1.54, 1.807) is 20.0 Å². The molecule has 1 aromatic heterocycles. The average molecular weight is 515 g/mol. The van der Waals surface area contributed by atoms with Gasteiger partial charge in [0.15, 0.2) is 0 Å². The molecule has 1 aromatic carbocycles. The Labute approximate surface area is 214 Å². The van der Waals surface area contributed by atoms with E-state index in [0.717, 1.165) is 16.5 Å². The number of aromatic amines is 1. The van der Waals surface area contributed by atoms with Gasteiger partial charge in [-0.2, -0.15) is 0 Å². The zero-order chi connectivity index (χ0) is 27.3. The first-order valence-corrected chi connectivity index (χ1v) is 12.2. The van der Waals surface area contributed by atoms with Crippen LogP contribution >= 0.6 is 0 Å². The van der Waals surface area contributed by atoms with Gasteiger partial charge in [0, 0.05) is 30.1 Å². The Morgan fingerprint density at radius 3 is 2.51 bits per heavy atom. The average Bonchev–Trinajstić information content (AvgIpc) is 3.48. The van der Waals surface area contributed by atoms with E-state index in [1.165, 1.54) is 4.90 Å². The number of nitrogens with one attached hydrogen (secondary N) is 3. The maximum atomic E-state index is 13.1. The van der Waals surface area contributed by atoms with Gasteiger partial charge in [-0.25, -0.2) is 4.79 Å². The van der Waals surface area contributed by atoms with Crippen LogP contribution in [0.15, 0.2) is 30.5 Å². The number of likely N-dealkylation sites (tertiary alicyclic amines) is 1. The van der Waals surface area contributed by atoms with Gasteiger partial charge in [-0.1, -0.05) is 32.0 Å². The number of hydrogen-bond acceptors (Lipinski definition) is 6. The fraction of sp³-hybridized carbons (Fsp3) is 0.480. The van der Waals surface area contributed by atoms with Crippen molar-refractivity contribution in [3.05, 3.63) is 36.0 Å². The molecule has 0 aliphatic carbocycles. The number of amides is 4. The van der Waals surface area contributed by atoms with Crippen LogP contribution in [-0.4, -0.2) is 75.3 Å². The molecule has 1 fully saturated rings. The van der Waals surface area contributed by atoms with Gasteiger partial charge in [0.1, 0.15) is 18.1 Å². The highest BCUT2D eigenvalue weighted by Gasteiger charge is 2.38. The van der Waals surface area contributed by atoms with Crippen LogP contribution in [0.25, 0.3) is 10.9 Å². The molecule has 12 nitrogen and oxygen atoms in total. The molecule has 0 saturated carbocycles. The third-order valence-electron chi connectivity index (χ3n) is 6.54. The van der Waals surface area contributed by atoms with Crippen LogP contribution in [0, 0.1) is 5.92 Å². The topological polar surface area (TPSA) is 201 Å². The molecule has 1 saturated heterocycles. The minimum Gasteiger partial charge on any atom is -0.480 e. The molecule has 4 atom stereocenters.